The van der Waals surface area contributed by atoms with Crippen molar-refractivity contribution < 1.29 is 67.7 Å². The number of carbonyl (C=O) groups excluding carboxylic acids is 5. The lowest BCUT2D eigenvalue weighted by Crippen LogP contribution is -2.64. The number of hydrogen-bond donors (Lipinski definition) is 3. The van der Waals surface area contributed by atoms with Gasteiger partial charge >= 0.3 is 11.9 Å². The number of ether oxygens (including phenoxy) is 6. The normalized spacial score (nSPS) is 39.1. The number of aliphatic hydroxyl groups is 3. The number of carbonyl (C=O) groups is 5. The zero-order chi connectivity index (χ0) is 45.2. The molecule has 61 heavy (non-hydrogen) atoms. The van der Waals surface area contributed by atoms with Gasteiger partial charge in [0.15, 0.2) is 0 Å². The third-order valence-electron chi connectivity index (χ3n) is 13.3. The molecule has 0 aromatic heterocycles. The van der Waals surface area contributed by atoms with E-state index in [0.717, 1.165) is 10.5 Å². The Morgan fingerprint density at radius 3 is 2.23 bits per heavy atom. The second kappa shape index (κ2) is 22.9. The maximum Gasteiger partial charge on any atom is 0.330 e. The summed E-state index contributed by atoms with van der Waals surface area (Å²) in [4.78, 5) is 70.2. The standard InChI is InChI=1S/C46H71NO14/c1-26-19-27(2)21-38(57-7)42-39(58-8)23-29(4)46(55,61-42)43(52)44(53)47-18-11-10-14-33(47)45(54)60-41(28(3)22-31-16-17-34(48)37(24-31)56-6)30(5)35(49)25-36(50)32(20-26)13-12-15-40(51)59-9/h12,15,20,22,27,29-35,37-39,41-42,48-49,55H,10-11,13-14,16-19,21,23-25H2,1-9H3/b15-12+,26-20+,28-22+/t27-,29+,30+,31-,32+,33-,34+,35-,37+,38-,39-,41+,42+,46+/m0/s1. The number of Topliss-reactive ketones (excluding diaryl/α,β-unsaturated/α-hetero) is 2. The molecule has 15 heteroatoms. The van der Waals surface area contributed by atoms with E-state index in [0.29, 0.717) is 50.5 Å². The van der Waals surface area contributed by atoms with Crippen LogP contribution in [0.3, 0.4) is 0 Å². The first-order valence-electron chi connectivity index (χ1n) is 21.9. The molecule has 14 atom stereocenters. The SMILES string of the molecule is COC(=O)/C=C/C[C@@H]1/C=C(\C)C[C@H](C)C[C@H](OC)[C@H]2O[C@@](O)(C(=O)C(=O)N3CCCC[C@H]3C(=O)O[C@H](/C(C)=C/[C@@H]3CC[C@@H](O)[C@H](OC)C3)[C@H](C)[C@@H](O)CC1=O)[C@H](C)C[C@@H]2OC. The molecule has 4 rings (SSSR count). The van der Waals surface area contributed by atoms with E-state index in [9.17, 15) is 39.3 Å². The van der Waals surface area contributed by atoms with E-state index in [-0.39, 0.29) is 56.0 Å². The van der Waals surface area contributed by atoms with Crippen molar-refractivity contribution >= 4 is 29.4 Å². The van der Waals surface area contributed by atoms with Crippen LogP contribution in [-0.4, -0.2) is 139 Å². The molecule has 1 saturated carbocycles. The third kappa shape index (κ3) is 12.7. The van der Waals surface area contributed by atoms with Crippen molar-refractivity contribution in [1.29, 1.82) is 0 Å². The van der Waals surface area contributed by atoms with Crippen LogP contribution in [0.15, 0.2) is 35.5 Å². The second-order valence-electron chi connectivity index (χ2n) is 17.9. The summed E-state index contributed by atoms with van der Waals surface area (Å²) in [6.07, 6.45) is 4.97. The van der Waals surface area contributed by atoms with E-state index in [1.807, 2.05) is 26.0 Å². The lowest BCUT2D eigenvalue weighted by Gasteiger charge is -2.47. The first-order chi connectivity index (χ1) is 28.9. The smallest absolute Gasteiger partial charge is 0.330 e. The molecule has 0 unspecified atom stereocenters. The first-order valence-corrected chi connectivity index (χ1v) is 21.9. The van der Waals surface area contributed by atoms with Crippen molar-refractivity contribution in [3.05, 3.63) is 35.5 Å². The average Bonchev–Trinajstić information content (AvgIpc) is 3.24. The van der Waals surface area contributed by atoms with Crippen LogP contribution in [0.25, 0.3) is 0 Å². The van der Waals surface area contributed by atoms with Crippen LogP contribution < -0.4 is 0 Å². The predicted molar refractivity (Wildman–Crippen MR) is 224 cm³/mol. The van der Waals surface area contributed by atoms with Gasteiger partial charge in [-0.15, -0.1) is 0 Å². The lowest BCUT2D eigenvalue weighted by molar-refractivity contribution is -0.302. The van der Waals surface area contributed by atoms with Crippen LogP contribution in [0.1, 0.15) is 105 Å². The number of fused-ring (bicyclic) bond motifs is 3. The van der Waals surface area contributed by atoms with Gasteiger partial charge in [0, 0.05) is 58.1 Å². The maximum absolute atomic E-state index is 14.4. The Balaban J connectivity index is 1.80. The van der Waals surface area contributed by atoms with Gasteiger partial charge in [0.05, 0.1) is 37.6 Å². The Morgan fingerprint density at radius 1 is 0.902 bits per heavy atom. The summed E-state index contributed by atoms with van der Waals surface area (Å²) in [5.74, 6) is -8.95. The molecule has 344 valence electrons. The van der Waals surface area contributed by atoms with Gasteiger partial charge in [-0.2, -0.15) is 0 Å². The van der Waals surface area contributed by atoms with E-state index in [1.165, 1.54) is 27.4 Å². The van der Waals surface area contributed by atoms with Crippen molar-refractivity contribution in [3.63, 3.8) is 0 Å². The Labute approximate surface area is 361 Å². The topological polar surface area (TPSA) is 205 Å². The molecule has 15 nitrogen and oxygen atoms in total. The summed E-state index contributed by atoms with van der Waals surface area (Å²) in [5, 5.41) is 34.3. The van der Waals surface area contributed by atoms with E-state index in [2.05, 4.69) is 0 Å². The van der Waals surface area contributed by atoms with Gasteiger partial charge in [-0.25, -0.2) is 9.59 Å². The number of hydrogen-bond acceptors (Lipinski definition) is 14. The van der Waals surface area contributed by atoms with Crippen molar-refractivity contribution in [2.45, 2.75) is 160 Å². The van der Waals surface area contributed by atoms with Gasteiger partial charge in [0.2, 0.25) is 5.79 Å². The lowest BCUT2D eigenvalue weighted by atomic mass is 9.81. The second-order valence-corrected chi connectivity index (χ2v) is 17.9. The number of amides is 1. The highest BCUT2D eigenvalue weighted by Gasteiger charge is 2.56. The molecule has 0 spiro atoms. The fourth-order valence-electron chi connectivity index (χ4n) is 9.62. The minimum atomic E-state index is -2.54. The molecular formula is C46H71NO14. The molecule has 3 aliphatic heterocycles. The summed E-state index contributed by atoms with van der Waals surface area (Å²) in [5.41, 5.74) is 1.48. The Bertz CT molecular complexity index is 1630. The molecule has 1 aliphatic carbocycles. The number of cyclic esters (lactones) is 1. The zero-order valence-electron chi connectivity index (χ0n) is 37.6. The maximum atomic E-state index is 14.4. The number of esters is 2. The molecule has 0 aromatic carbocycles. The summed E-state index contributed by atoms with van der Waals surface area (Å²) < 4.78 is 34.5. The summed E-state index contributed by atoms with van der Waals surface area (Å²) >= 11 is 0. The molecular weight excluding hydrogens is 790 g/mol. The van der Waals surface area contributed by atoms with Gasteiger partial charge in [0.1, 0.15) is 24.0 Å². The Kier molecular flexibility index (Phi) is 18.9. The number of ketones is 2. The zero-order valence-corrected chi connectivity index (χ0v) is 37.6. The van der Waals surface area contributed by atoms with E-state index in [4.69, 9.17) is 28.4 Å². The van der Waals surface area contributed by atoms with E-state index in [1.54, 1.807) is 34.0 Å². The summed E-state index contributed by atoms with van der Waals surface area (Å²) in [6.45, 7) is 9.05. The average molecular weight is 862 g/mol. The van der Waals surface area contributed by atoms with Crippen LogP contribution in [0.5, 0.6) is 0 Å². The molecule has 2 bridgehead atoms. The fourth-order valence-corrected chi connectivity index (χ4v) is 9.62. The third-order valence-corrected chi connectivity index (χ3v) is 13.3. The molecule has 1 amide bonds. The monoisotopic (exact) mass is 861 g/mol. The van der Waals surface area contributed by atoms with Crippen LogP contribution in [-0.2, 0) is 52.4 Å². The molecule has 3 heterocycles. The summed E-state index contributed by atoms with van der Waals surface area (Å²) in [6, 6.07) is -1.18. The number of methoxy groups -OCH3 is 4. The van der Waals surface area contributed by atoms with Gasteiger partial charge in [-0.3, -0.25) is 14.4 Å². The van der Waals surface area contributed by atoms with Crippen molar-refractivity contribution in [2.24, 2.45) is 29.6 Å². The number of nitrogens with zero attached hydrogens (tertiary/aromatic N) is 1. The number of aliphatic hydroxyl groups excluding tert-OH is 2. The minimum Gasteiger partial charge on any atom is -0.466 e. The quantitative estimate of drug-likeness (QED) is 0.136. The highest BCUT2D eigenvalue weighted by molar-refractivity contribution is 6.39. The minimum absolute atomic E-state index is 0.0486. The van der Waals surface area contributed by atoms with Gasteiger partial charge in [0.25, 0.3) is 11.7 Å². The van der Waals surface area contributed by atoms with Gasteiger partial charge in [-0.1, -0.05) is 44.6 Å². The van der Waals surface area contributed by atoms with Gasteiger partial charge in [-0.05, 0) is 95.5 Å². The number of allylic oxidation sites excluding steroid dienone is 4. The largest absolute Gasteiger partial charge is 0.466 e. The highest BCUT2D eigenvalue weighted by atomic mass is 16.7. The molecule has 2 saturated heterocycles. The molecule has 4 aliphatic rings. The number of piperidine rings is 1. The number of rotatable bonds is 8. The Hall–Kier alpha value is -3.31. The van der Waals surface area contributed by atoms with Crippen molar-refractivity contribution in [3.8, 4) is 0 Å². The fraction of sp³-hybridized carbons (Fsp3) is 0.761. The highest BCUT2D eigenvalue weighted by Crippen LogP contribution is 2.39. The molecule has 3 N–H and O–H groups in total. The van der Waals surface area contributed by atoms with E-state index < -0.39 is 89.8 Å². The van der Waals surface area contributed by atoms with Crippen LogP contribution in [0, 0.1) is 29.6 Å². The van der Waals surface area contributed by atoms with Crippen LogP contribution in [0.2, 0.25) is 0 Å². The van der Waals surface area contributed by atoms with Crippen molar-refractivity contribution in [1.82, 2.24) is 4.90 Å². The predicted octanol–water partition coefficient (Wildman–Crippen LogP) is 4.18. The Morgan fingerprint density at radius 2 is 1.57 bits per heavy atom. The first kappa shape index (κ1) is 50.3. The summed E-state index contributed by atoms with van der Waals surface area (Å²) in [7, 11) is 5.82. The van der Waals surface area contributed by atoms with Crippen LogP contribution >= 0.6 is 0 Å². The van der Waals surface area contributed by atoms with Gasteiger partial charge < -0.3 is 48.6 Å². The van der Waals surface area contributed by atoms with Crippen molar-refractivity contribution in [2.75, 3.05) is 35.0 Å². The molecule has 3 fully saturated rings. The van der Waals surface area contributed by atoms with E-state index >= 15 is 0 Å². The molecule has 0 radical (unpaired) electrons. The molecule has 0 aromatic rings. The van der Waals surface area contributed by atoms with Crippen LogP contribution in [0.4, 0.5) is 0 Å².